The van der Waals surface area contributed by atoms with Crippen LogP contribution in [0, 0.1) is 0 Å². The molecule has 0 atom stereocenters. The highest BCUT2D eigenvalue weighted by Gasteiger charge is 2.13. The van der Waals surface area contributed by atoms with E-state index in [0.29, 0.717) is 45.2 Å². The van der Waals surface area contributed by atoms with Crippen LogP contribution in [-0.2, 0) is 0 Å². The van der Waals surface area contributed by atoms with Crippen molar-refractivity contribution in [3.8, 4) is 28.7 Å². The molecule has 0 amide bonds. The lowest BCUT2D eigenvalue weighted by Crippen LogP contribution is -2.04. The van der Waals surface area contributed by atoms with Crippen molar-refractivity contribution in [2.24, 2.45) is 0 Å². The molecule has 3 aromatic rings. The Hall–Kier alpha value is -3.68. The van der Waals surface area contributed by atoms with Gasteiger partial charge >= 0.3 is 5.63 Å². The first-order valence-electron chi connectivity index (χ1n) is 8.59. The van der Waals surface area contributed by atoms with Crippen LogP contribution in [0.2, 0.25) is 0 Å². The number of rotatable bonds is 7. The molecule has 8 heteroatoms. The Balaban J connectivity index is 2.06. The van der Waals surface area contributed by atoms with E-state index in [4.69, 9.17) is 28.1 Å². The maximum Gasteiger partial charge on any atom is 0.347 e. The number of hydrogen-bond acceptors (Lipinski definition) is 8. The van der Waals surface area contributed by atoms with E-state index in [1.54, 1.807) is 51.7 Å². The quantitative estimate of drug-likeness (QED) is 0.597. The molecule has 0 N–H and O–H groups in total. The fourth-order valence-corrected chi connectivity index (χ4v) is 2.83. The van der Waals surface area contributed by atoms with Gasteiger partial charge in [-0.05, 0) is 12.1 Å². The summed E-state index contributed by atoms with van der Waals surface area (Å²) in [6, 6.07) is 6.62. The fraction of sp³-hybridized carbons (Fsp3) is 0.238. The van der Waals surface area contributed by atoms with Crippen LogP contribution >= 0.6 is 0 Å². The van der Waals surface area contributed by atoms with Crippen LogP contribution in [0.4, 0.5) is 0 Å². The van der Waals surface area contributed by atoms with Crippen molar-refractivity contribution in [2.45, 2.75) is 0 Å². The Bertz CT molecular complexity index is 1120. The van der Waals surface area contributed by atoms with E-state index in [9.17, 15) is 4.79 Å². The molecule has 0 saturated carbocycles. The van der Waals surface area contributed by atoms with Crippen molar-refractivity contribution in [3.63, 3.8) is 0 Å². The van der Waals surface area contributed by atoms with Crippen LogP contribution in [0.3, 0.4) is 0 Å². The lowest BCUT2D eigenvalue weighted by Gasteiger charge is -2.12. The van der Waals surface area contributed by atoms with E-state index in [1.807, 2.05) is 0 Å². The SMILES string of the molecule is COc1cc(OC)c(OC)cc1C=Cc1nc2cc(OC)c(OC)cc2c(=O)o1. The molecule has 0 spiro atoms. The smallest absolute Gasteiger partial charge is 0.347 e. The molecule has 0 fully saturated rings. The molecule has 0 bridgehead atoms. The van der Waals surface area contributed by atoms with Gasteiger partial charge in [-0.2, -0.15) is 0 Å². The molecule has 152 valence electrons. The molecule has 0 radical (unpaired) electrons. The lowest BCUT2D eigenvalue weighted by molar-refractivity contribution is 0.348. The summed E-state index contributed by atoms with van der Waals surface area (Å²) in [7, 11) is 7.64. The highest BCUT2D eigenvalue weighted by atomic mass is 16.5. The predicted octanol–water partition coefficient (Wildman–Crippen LogP) is 3.40. The fourth-order valence-electron chi connectivity index (χ4n) is 2.83. The van der Waals surface area contributed by atoms with E-state index in [0.717, 1.165) is 0 Å². The van der Waals surface area contributed by atoms with Crippen LogP contribution in [0.25, 0.3) is 23.1 Å². The number of fused-ring (bicyclic) bond motifs is 1. The maximum absolute atomic E-state index is 12.4. The van der Waals surface area contributed by atoms with Gasteiger partial charge in [-0.15, -0.1) is 0 Å². The second-order valence-electron chi connectivity index (χ2n) is 5.85. The molecule has 3 rings (SSSR count). The molecule has 2 aromatic carbocycles. The Labute approximate surface area is 167 Å². The van der Waals surface area contributed by atoms with Crippen molar-refractivity contribution in [2.75, 3.05) is 35.5 Å². The van der Waals surface area contributed by atoms with Crippen molar-refractivity contribution in [1.29, 1.82) is 0 Å². The summed E-state index contributed by atoms with van der Waals surface area (Å²) in [6.45, 7) is 0. The van der Waals surface area contributed by atoms with Gasteiger partial charge in [-0.3, -0.25) is 0 Å². The molecule has 8 nitrogen and oxygen atoms in total. The second kappa shape index (κ2) is 8.55. The first-order valence-corrected chi connectivity index (χ1v) is 8.59. The number of ether oxygens (including phenoxy) is 5. The van der Waals surface area contributed by atoms with Crippen molar-refractivity contribution < 1.29 is 28.1 Å². The Morgan fingerprint density at radius 3 is 1.90 bits per heavy atom. The van der Waals surface area contributed by atoms with Crippen LogP contribution in [0.15, 0.2) is 33.5 Å². The molecular formula is C21H21NO7. The molecular weight excluding hydrogens is 378 g/mol. The Morgan fingerprint density at radius 2 is 1.28 bits per heavy atom. The predicted molar refractivity (Wildman–Crippen MR) is 108 cm³/mol. The monoisotopic (exact) mass is 399 g/mol. The Morgan fingerprint density at radius 1 is 0.724 bits per heavy atom. The van der Waals surface area contributed by atoms with Gasteiger partial charge in [0.1, 0.15) is 5.75 Å². The third-order valence-electron chi connectivity index (χ3n) is 4.29. The minimum atomic E-state index is -0.533. The number of benzene rings is 2. The average Bonchev–Trinajstić information content (AvgIpc) is 2.75. The second-order valence-corrected chi connectivity index (χ2v) is 5.85. The van der Waals surface area contributed by atoms with Crippen LogP contribution in [0.5, 0.6) is 28.7 Å². The van der Waals surface area contributed by atoms with Crippen molar-refractivity contribution in [1.82, 2.24) is 4.98 Å². The number of aromatic nitrogens is 1. The molecule has 29 heavy (non-hydrogen) atoms. The maximum atomic E-state index is 12.4. The van der Waals surface area contributed by atoms with Gasteiger partial charge in [0.05, 0.1) is 46.5 Å². The van der Waals surface area contributed by atoms with Crippen molar-refractivity contribution in [3.05, 3.63) is 46.1 Å². The van der Waals surface area contributed by atoms with E-state index in [1.165, 1.54) is 20.3 Å². The number of hydrogen-bond donors (Lipinski definition) is 0. The van der Waals surface area contributed by atoms with Gasteiger partial charge in [-0.25, -0.2) is 9.78 Å². The average molecular weight is 399 g/mol. The first kappa shape index (κ1) is 20.1. The van der Waals surface area contributed by atoms with E-state index >= 15 is 0 Å². The van der Waals surface area contributed by atoms with Crippen LogP contribution < -0.4 is 29.3 Å². The van der Waals surface area contributed by atoms with E-state index in [2.05, 4.69) is 4.98 Å². The zero-order valence-corrected chi connectivity index (χ0v) is 16.8. The Kier molecular flexibility index (Phi) is 5.92. The van der Waals surface area contributed by atoms with Gasteiger partial charge in [0.2, 0.25) is 5.89 Å². The minimum absolute atomic E-state index is 0.131. The summed E-state index contributed by atoms with van der Waals surface area (Å²) >= 11 is 0. The van der Waals surface area contributed by atoms with E-state index in [-0.39, 0.29) is 5.89 Å². The number of nitrogens with zero attached hydrogens (tertiary/aromatic N) is 1. The highest BCUT2D eigenvalue weighted by Crippen LogP contribution is 2.35. The normalized spacial score (nSPS) is 10.9. The zero-order chi connectivity index (χ0) is 21.0. The molecule has 1 aromatic heterocycles. The molecule has 0 unspecified atom stereocenters. The lowest BCUT2D eigenvalue weighted by atomic mass is 10.1. The first-order chi connectivity index (χ1) is 14.0. The number of methoxy groups -OCH3 is 5. The third kappa shape index (κ3) is 3.96. The van der Waals surface area contributed by atoms with Gasteiger partial charge < -0.3 is 28.1 Å². The topological polar surface area (TPSA) is 89.3 Å². The minimum Gasteiger partial charge on any atom is -0.496 e. The van der Waals surface area contributed by atoms with Gasteiger partial charge in [0.25, 0.3) is 0 Å². The van der Waals surface area contributed by atoms with Crippen LogP contribution in [-0.4, -0.2) is 40.5 Å². The van der Waals surface area contributed by atoms with Gasteiger partial charge in [-0.1, -0.05) is 0 Å². The summed E-state index contributed by atoms with van der Waals surface area (Å²) in [5.41, 5.74) is 0.592. The highest BCUT2D eigenvalue weighted by molar-refractivity contribution is 5.82. The summed E-state index contributed by atoms with van der Waals surface area (Å²) in [5.74, 6) is 2.66. The van der Waals surface area contributed by atoms with Gasteiger partial charge in [0, 0.05) is 29.8 Å². The molecule has 0 aliphatic carbocycles. The molecule has 0 saturated heterocycles. The van der Waals surface area contributed by atoms with E-state index < -0.39 is 5.63 Å². The third-order valence-corrected chi connectivity index (χ3v) is 4.29. The summed E-state index contributed by atoms with van der Waals surface area (Å²) in [6.07, 6.45) is 3.28. The largest absolute Gasteiger partial charge is 0.496 e. The summed E-state index contributed by atoms with van der Waals surface area (Å²) < 4.78 is 31.8. The van der Waals surface area contributed by atoms with Crippen molar-refractivity contribution >= 4 is 23.1 Å². The molecule has 1 heterocycles. The van der Waals surface area contributed by atoms with Gasteiger partial charge in [0.15, 0.2) is 23.0 Å². The standard InChI is InChI=1S/C21H21NO7/c1-24-15-11-19(28-5)16(25-2)8-12(15)6-7-20-22-14-10-18(27-4)17(26-3)9-13(14)21(23)29-20/h6-11H,1-5H3. The zero-order valence-electron chi connectivity index (χ0n) is 16.8. The van der Waals surface area contributed by atoms with Crippen LogP contribution in [0.1, 0.15) is 11.5 Å². The summed E-state index contributed by atoms with van der Waals surface area (Å²) in [5, 5.41) is 0.295. The molecule has 0 aliphatic heterocycles. The molecule has 0 aliphatic rings. The summed E-state index contributed by atoms with van der Waals surface area (Å²) in [4.78, 5) is 16.8.